The molecule has 0 saturated heterocycles. The number of carbonyl (C=O) groups excluding carboxylic acids is 1. The Hall–Kier alpha value is -2.38. The first-order valence-corrected chi connectivity index (χ1v) is 10.4. The van der Waals surface area contributed by atoms with Gasteiger partial charge in [-0.2, -0.15) is 4.31 Å². The fourth-order valence-corrected chi connectivity index (χ4v) is 4.03. The van der Waals surface area contributed by atoms with Gasteiger partial charge in [-0.15, -0.1) is 0 Å². The predicted molar refractivity (Wildman–Crippen MR) is 104 cm³/mol. The topological polar surface area (TPSA) is 72.9 Å². The van der Waals surface area contributed by atoms with Crippen LogP contribution in [-0.4, -0.2) is 38.4 Å². The molecule has 146 valence electrons. The third-order valence-corrected chi connectivity index (χ3v) is 5.97. The molecule has 0 aliphatic rings. The van der Waals surface area contributed by atoms with E-state index in [2.05, 4.69) is 0 Å². The van der Waals surface area contributed by atoms with Gasteiger partial charge in [-0.05, 0) is 36.8 Å². The smallest absolute Gasteiger partial charge is 0.343 e. The number of hydrogen-bond donors (Lipinski definition) is 0. The number of rotatable bonds is 9. The molecule has 0 atom stereocenters. The average molecular weight is 391 g/mol. The molecule has 27 heavy (non-hydrogen) atoms. The summed E-state index contributed by atoms with van der Waals surface area (Å²) in [6, 6.07) is 12.8. The minimum absolute atomic E-state index is 0.0659. The maximum Gasteiger partial charge on any atom is 0.343 e. The van der Waals surface area contributed by atoms with Crippen molar-refractivity contribution in [2.24, 2.45) is 0 Å². The van der Waals surface area contributed by atoms with Crippen molar-refractivity contribution >= 4 is 16.0 Å². The van der Waals surface area contributed by atoms with E-state index in [1.807, 2.05) is 6.92 Å². The molecule has 0 bridgehead atoms. The predicted octanol–water partition coefficient (Wildman–Crippen LogP) is 3.73. The van der Waals surface area contributed by atoms with E-state index in [9.17, 15) is 13.2 Å². The number of benzene rings is 2. The fraction of sp³-hybridized carbons (Fsp3) is 0.350. The van der Waals surface area contributed by atoms with Crippen LogP contribution in [0.4, 0.5) is 0 Å². The summed E-state index contributed by atoms with van der Waals surface area (Å²) < 4.78 is 37.7. The monoisotopic (exact) mass is 391 g/mol. The van der Waals surface area contributed by atoms with Crippen molar-refractivity contribution in [3.63, 3.8) is 0 Å². The van der Waals surface area contributed by atoms with Crippen LogP contribution in [0, 0.1) is 0 Å². The number of hydrogen-bond acceptors (Lipinski definition) is 5. The van der Waals surface area contributed by atoms with Crippen molar-refractivity contribution in [3.8, 4) is 11.5 Å². The SMILES string of the molecule is CCCOc1ccccc1OC(=O)c1cccc(S(=O)(=O)N(CC)CC)c1. The summed E-state index contributed by atoms with van der Waals surface area (Å²) in [5.74, 6) is 0.131. The third-order valence-electron chi connectivity index (χ3n) is 3.93. The molecule has 0 aliphatic heterocycles. The lowest BCUT2D eigenvalue weighted by molar-refractivity contribution is 0.0728. The van der Waals surface area contributed by atoms with Crippen LogP contribution in [0.5, 0.6) is 11.5 Å². The van der Waals surface area contributed by atoms with Crippen LogP contribution in [0.2, 0.25) is 0 Å². The Kier molecular flexibility index (Phi) is 7.38. The molecule has 0 unspecified atom stereocenters. The molecule has 2 aromatic carbocycles. The highest BCUT2D eigenvalue weighted by Gasteiger charge is 2.23. The molecule has 6 nitrogen and oxygen atoms in total. The van der Waals surface area contributed by atoms with E-state index in [1.54, 1.807) is 38.1 Å². The maximum absolute atomic E-state index is 12.7. The highest BCUT2D eigenvalue weighted by molar-refractivity contribution is 7.89. The van der Waals surface area contributed by atoms with Crippen molar-refractivity contribution in [1.82, 2.24) is 4.31 Å². The first kappa shape index (κ1) is 20.9. The van der Waals surface area contributed by atoms with Gasteiger partial charge in [-0.1, -0.05) is 39.0 Å². The number of carbonyl (C=O) groups is 1. The van der Waals surface area contributed by atoms with Crippen LogP contribution >= 0.6 is 0 Å². The van der Waals surface area contributed by atoms with Gasteiger partial charge < -0.3 is 9.47 Å². The van der Waals surface area contributed by atoms with Crippen LogP contribution in [0.3, 0.4) is 0 Å². The van der Waals surface area contributed by atoms with Crippen molar-refractivity contribution in [3.05, 3.63) is 54.1 Å². The fourth-order valence-electron chi connectivity index (χ4n) is 2.52. The Labute approximate surface area is 160 Å². The summed E-state index contributed by atoms with van der Waals surface area (Å²) in [5, 5.41) is 0. The summed E-state index contributed by atoms with van der Waals surface area (Å²) in [6.07, 6.45) is 0.827. The van der Waals surface area contributed by atoms with Gasteiger partial charge in [0.25, 0.3) is 0 Å². The van der Waals surface area contributed by atoms with E-state index in [1.165, 1.54) is 28.6 Å². The van der Waals surface area contributed by atoms with Crippen LogP contribution in [0.25, 0.3) is 0 Å². The van der Waals surface area contributed by atoms with E-state index in [0.29, 0.717) is 31.2 Å². The Balaban J connectivity index is 2.26. The maximum atomic E-state index is 12.7. The highest BCUT2D eigenvalue weighted by Crippen LogP contribution is 2.28. The normalized spacial score (nSPS) is 11.4. The van der Waals surface area contributed by atoms with Gasteiger partial charge in [-0.3, -0.25) is 0 Å². The van der Waals surface area contributed by atoms with Gasteiger partial charge in [0.2, 0.25) is 10.0 Å². The van der Waals surface area contributed by atoms with Gasteiger partial charge in [-0.25, -0.2) is 13.2 Å². The third kappa shape index (κ3) is 5.08. The Morgan fingerprint density at radius 1 is 0.963 bits per heavy atom. The van der Waals surface area contributed by atoms with Gasteiger partial charge in [0.15, 0.2) is 11.5 Å². The Bertz CT molecular complexity index is 875. The first-order chi connectivity index (χ1) is 12.9. The molecule has 0 N–H and O–H groups in total. The summed E-state index contributed by atoms with van der Waals surface area (Å²) >= 11 is 0. The van der Waals surface area contributed by atoms with Crippen molar-refractivity contribution in [1.29, 1.82) is 0 Å². The quantitative estimate of drug-likeness (QED) is 0.481. The van der Waals surface area contributed by atoms with E-state index >= 15 is 0 Å². The number of para-hydroxylation sites is 2. The summed E-state index contributed by atoms with van der Waals surface area (Å²) in [5.41, 5.74) is 0.161. The molecular formula is C20H25NO5S. The second-order valence-electron chi connectivity index (χ2n) is 5.80. The lowest BCUT2D eigenvalue weighted by Gasteiger charge is -2.18. The number of sulfonamides is 1. The highest BCUT2D eigenvalue weighted by atomic mass is 32.2. The van der Waals surface area contributed by atoms with Gasteiger partial charge in [0.05, 0.1) is 17.1 Å². The molecule has 0 spiro atoms. The van der Waals surface area contributed by atoms with E-state index < -0.39 is 16.0 Å². The largest absolute Gasteiger partial charge is 0.490 e. The zero-order valence-electron chi connectivity index (χ0n) is 15.8. The van der Waals surface area contributed by atoms with Crippen molar-refractivity contribution in [2.45, 2.75) is 32.1 Å². The molecule has 2 rings (SSSR count). The molecular weight excluding hydrogens is 366 g/mol. The molecule has 0 aliphatic carbocycles. The molecule has 0 fully saturated rings. The minimum Gasteiger partial charge on any atom is -0.490 e. The summed E-state index contributed by atoms with van der Waals surface area (Å²) in [7, 11) is -3.65. The summed E-state index contributed by atoms with van der Waals surface area (Å²) in [4.78, 5) is 12.6. The number of esters is 1. The van der Waals surface area contributed by atoms with Crippen molar-refractivity contribution in [2.75, 3.05) is 19.7 Å². The van der Waals surface area contributed by atoms with Crippen LogP contribution < -0.4 is 9.47 Å². The lowest BCUT2D eigenvalue weighted by Crippen LogP contribution is -2.30. The van der Waals surface area contributed by atoms with E-state index in [-0.39, 0.29) is 10.5 Å². The summed E-state index contributed by atoms with van der Waals surface area (Å²) in [6.45, 7) is 6.74. The van der Waals surface area contributed by atoms with Crippen LogP contribution in [-0.2, 0) is 10.0 Å². The zero-order valence-corrected chi connectivity index (χ0v) is 16.7. The molecule has 0 aromatic heterocycles. The van der Waals surface area contributed by atoms with Gasteiger partial charge in [0.1, 0.15) is 0 Å². The second-order valence-corrected chi connectivity index (χ2v) is 7.74. The number of ether oxygens (including phenoxy) is 2. The standard InChI is InChI=1S/C20H25NO5S/c1-4-14-25-18-12-7-8-13-19(18)26-20(22)16-10-9-11-17(15-16)27(23,24)21(5-2)6-3/h7-13,15H,4-6,14H2,1-3H3. The van der Waals surface area contributed by atoms with Crippen LogP contribution in [0.15, 0.2) is 53.4 Å². The minimum atomic E-state index is -3.65. The lowest BCUT2D eigenvalue weighted by atomic mass is 10.2. The van der Waals surface area contributed by atoms with Gasteiger partial charge in [0, 0.05) is 13.1 Å². The first-order valence-electron chi connectivity index (χ1n) is 8.98. The molecule has 0 heterocycles. The Morgan fingerprint density at radius 3 is 2.26 bits per heavy atom. The van der Waals surface area contributed by atoms with Gasteiger partial charge >= 0.3 is 5.97 Å². The molecule has 0 saturated carbocycles. The van der Waals surface area contributed by atoms with E-state index in [0.717, 1.165) is 6.42 Å². The molecule has 7 heteroatoms. The average Bonchev–Trinajstić information content (AvgIpc) is 2.68. The molecule has 0 amide bonds. The van der Waals surface area contributed by atoms with Crippen LogP contribution in [0.1, 0.15) is 37.6 Å². The Morgan fingerprint density at radius 2 is 1.63 bits per heavy atom. The van der Waals surface area contributed by atoms with E-state index in [4.69, 9.17) is 9.47 Å². The number of nitrogens with zero attached hydrogens (tertiary/aromatic N) is 1. The second kappa shape index (κ2) is 9.53. The molecule has 0 radical (unpaired) electrons. The zero-order chi connectivity index (χ0) is 19.9. The van der Waals surface area contributed by atoms with Crippen molar-refractivity contribution < 1.29 is 22.7 Å². The molecule has 2 aromatic rings.